The van der Waals surface area contributed by atoms with Crippen LogP contribution < -0.4 is 9.64 Å². The summed E-state index contributed by atoms with van der Waals surface area (Å²) in [5, 5.41) is 0. The van der Waals surface area contributed by atoms with E-state index >= 15 is 0 Å². The number of imidazole rings is 1. The highest BCUT2D eigenvalue weighted by molar-refractivity contribution is 5.97. The first kappa shape index (κ1) is 17.0. The Morgan fingerprint density at radius 1 is 1.07 bits per heavy atom. The van der Waals surface area contributed by atoms with Crippen LogP contribution in [0, 0.1) is 0 Å². The highest BCUT2D eigenvalue weighted by Crippen LogP contribution is 2.21. The molecule has 1 aliphatic rings. The van der Waals surface area contributed by atoms with Gasteiger partial charge >= 0.3 is 0 Å². The summed E-state index contributed by atoms with van der Waals surface area (Å²) in [4.78, 5) is 29.6. The Morgan fingerprint density at radius 2 is 1.85 bits per heavy atom. The minimum absolute atomic E-state index is 0.00566. The Kier molecular flexibility index (Phi) is 4.69. The first-order valence-corrected chi connectivity index (χ1v) is 8.74. The molecule has 0 spiro atoms. The molecular weight excluding hydrogens is 344 g/mol. The molecule has 8 nitrogen and oxygen atoms in total. The van der Waals surface area contributed by atoms with Crippen LogP contribution in [-0.2, 0) is 0 Å². The Hall–Kier alpha value is -3.42. The van der Waals surface area contributed by atoms with Gasteiger partial charge in [-0.3, -0.25) is 9.36 Å². The second kappa shape index (κ2) is 7.45. The molecule has 1 fully saturated rings. The summed E-state index contributed by atoms with van der Waals surface area (Å²) >= 11 is 0. The van der Waals surface area contributed by atoms with E-state index in [4.69, 9.17) is 4.74 Å². The highest BCUT2D eigenvalue weighted by Gasteiger charge is 2.24. The number of ether oxygens (including phenoxy) is 1. The van der Waals surface area contributed by atoms with Gasteiger partial charge in [-0.1, -0.05) is 12.1 Å². The second-order valence-electron chi connectivity index (χ2n) is 6.18. The van der Waals surface area contributed by atoms with Crippen LogP contribution in [-0.4, -0.2) is 63.6 Å². The zero-order chi connectivity index (χ0) is 18.6. The largest absolute Gasteiger partial charge is 0.496 e. The molecule has 1 aromatic carbocycles. The molecule has 4 rings (SSSR count). The number of hydrogen-bond acceptors (Lipinski definition) is 6. The zero-order valence-electron chi connectivity index (χ0n) is 15.0. The molecule has 3 heterocycles. The number of nitrogens with zero attached hydrogens (tertiary/aromatic N) is 6. The predicted molar refractivity (Wildman–Crippen MR) is 100 cm³/mol. The summed E-state index contributed by atoms with van der Waals surface area (Å²) < 4.78 is 7.15. The van der Waals surface area contributed by atoms with Gasteiger partial charge in [-0.25, -0.2) is 15.0 Å². The number of methoxy groups -OCH3 is 1. The van der Waals surface area contributed by atoms with E-state index in [-0.39, 0.29) is 5.91 Å². The van der Waals surface area contributed by atoms with Crippen LogP contribution in [0.5, 0.6) is 5.75 Å². The quantitative estimate of drug-likeness (QED) is 0.700. The molecule has 0 bridgehead atoms. The summed E-state index contributed by atoms with van der Waals surface area (Å²) in [6.45, 7) is 2.67. The average Bonchev–Trinajstić information content (AvgIpc) is 3.28. The number of aromatic nitrogens is 4. The smallest absolute Gasteiger partial charge is 0.257 e. The van der Waals surface area contributed by atoms with Crippen molar-refractivity contribution in [2.45, 2.75) is 0 Å². The molecule has 1 aliphatic heterocycles. The van der Waals surface area contributed by atoms with E-state index in [2.05, 4.69) is 19.9 Å². The monoisotopic (exact) mass is 364 g/mol. The van der Waals surface area contributed by atoms with Gasteiger partial charge in [-0.15, -0.1) is 0 Å². The standard InChI is InChI=1S/C19H20N6O2/c1-27-16-5-3-2-4-15(16)19(26)24-10-8-23(9-11-24)17-12-18(22-13-21-17)25-7-6-20-14-25/h2-7,12-14H,8-11H2,1H3. The van der Waals surface area contributed by atoms with Gasteiger partial charge in [0.15, 0.2) is 0 Å². The topological polar surface area (TPSA) is 76.4 Å². The van der Waals surface area contributed by atoms with Gasteiger partial charge in [0.1, 0.15) is 30.0 Å². The van der Waals surface area contributed by atoms with Crippen molar-refractivity contribution in [1.82, 2.24) is 24.4 Å². The number of amides is 1. The van der Waals surface area contributed by atoms with Crippen molar-refractivity contribution in [2.75, 3.05) is 38.2 Å². The van der Waals surface area contributed by atoms with E-state index < -0.39 is 0 Å². The van der Waals surface area contributed by atoms with Crippen molar-refractivity contribution >= 4 is 11.7 Å². The van der Waals surface area contributed by atoms with E-state index in [0.29, 0.717) is 37.5 Å². The summed E-state index contributed by atoms with van der Waals surface area (Å²) in [7, 11) is 1.58. The maximum absolute atomic E-state index is 12.8. The first-order chi connectivity index (χ1) is 13.3. The molecule has 0 aliphatic carbocycles. The third-order valence-electron chi connectivity index (χ3n) is 4.64. The first-order valence-electron chi connectivity index (χ1n) is 8.74. The Bertz CT molecular complexity index is 919. The predicted octanol–water partition coefficient (Wildman–Crippen LogP) is 1.63. The Labute approximate surface area is 157 Å². The van der Waals surface area contributed by atoms with Crippen LogP contribution in [0.1, 0.15) is 10.4 Å². The Morgan fingerprint density at radius 3 is 2.59 bits per heavy atom. The van der Waals surface area contributed by atoms with Gasteiger partial charge in [-0.05, 0) is 12.1 Å². The number of carbonyl (C=O) groups is 1. The van der Waals surface area contributed by atoms with Crippen LogP contribution in [0.3, 0.4) is 0 Å². The van der Waals surface area contributed by atoms with Gasteiger partial charge < -0.3 is 14.5 Å². The number of benzene rings is 1. The second-order valence-corrected chi connectivity index (χ2v) is 6.18. The highest BCUT2D eigenvalue weighted by atomic mass is 16.5. The maximum Gasteiger partial charge on any atom is 0.257 e. The van der Waals surface area contributed by atoms with Gasteiger partial charge in [0.2, 0.25) is 0 Å². The van der Waals surface area contributed by atoms with E-state index in [1.54, 1.807) is 32.0 Å². The fourth-order valence-corrected chi connectivity index (χ4v) is 3.18. The summed E-state index contributed by atoms with van der Waals surface area (Å²) in [5.41, 5.74) is 0.595. The molecule has 1 saturated heterocycles. The zero-order valence-corrected chi connectivity index (χ0v) is 15.0. The Balaban J connectivity index is 1.45. The molecule has 138 valence electrons. The molecule has 0 radical (unpaired) electrons. The van der Waals surface area contributed by atoms with Crippen LogP contribution in [0.15, 0.2) is 55.4 Å². The molecular formula is C19H20N6O2. The van der Waals surface area contributed by atoms with Crippen LogP contribution in [0.25, 0.3) is 5.82 Å². The van der Waals surface area contributed by atoms with Crippen molar-refractivity contribution in [2.24, 2.45) is 0 Å². The normalized spacial score (nSPS) is 14.3. The lowest BCUT2D eigenvalue weighted by molar-refractivity contribution is 0.0743. The minimum atomic E-state index is -0.00566. The molecule has 0 N–H and O–H groups in total. The van der Waals surface area contributed by atoms with E-state index in [9.17, 15) is 4.79 Å². The molecule has 0 unspecified atom stereocenters. The van der Waals surface area contributed by atoms with E-state index in [0.717, 1.165) is 11.6 Å². The molecule has 3 aromatic rings. The van der Waals surface area contributed by atoms with Crippen LogP contribution >= 0.6 is 0 Å². The minimum Gasteiger partial charge on any atom is -0.496 e. The average molecular weight is 364 g/mol. The van der Waals surface area contributed by atoms with Gasteiger partial charge in [0.25, 0.3) is 5.91 Å². The van der Waals surface area contributed by atoms with Gasteiger partial charge in [-0.2, -0.15) is 0 Å². The molecule has 0 atom stereocenters. The number of hydrogen-bond donors (Lipinski definition) is 0. The molecule has 1 amide bonds. The molecule has 27 heavy (non-hydrogen) atoms. The molecule has 0 saturated carbocycles. The van der Waals surface area contributed by atoms with E-state index in [1.165, 1.54) is 0 Å². The lowest BCUT2D eigenvalue weighted by Gasteiger charge is -2.35. The number of piperazine rings is 1. The summed E-state index contributed by atoms with van der Waals surface area (Å²) in [6.07, 6.45) is 6.81. The number of carbonyl (C=O) groups excluding carboxylic acids is 1. The number of rotatable bonds is 4. The third kappa shape index (κ3) is 3.46. The fourth-order valence-electron chi connectivity index (χ4n) is 3.18. The molecule has 8 heteroatoms. The fraction of sp³-hybridized carbons (Fsp3) is 0.263. The lowest BCUT2D eigenvalue weighted by atomic mass is 10.1. The van der Waals surface area contributed by atoms with Crippen molar-refractivity contribution in [3.63, 3.8) is 0 Å². The van der Waals surface area contributed by atoms with Crippen molar-refractivity contribution in [1.29, 1.82) is 0 Å². The van der Waals surface area contributed by atoms with Crippen LogP contribution in [0.4, 0.5) is 5.82 Å². The number of para-hydroxylation sites is 1. The van der Waals surface area contributed by atoms with Crippen molar-refractivity contribution in [3.05, 3.63) is 60.9 Å². The molecule has 2 aromatic heterocycles. The third-order valence-corrected chi connectivity index (χ3v) is 4.64. The number of anilines is 1. The summed E-state index contributed by atoms with van der Waals surface area (Å²) in [6, 6.07) is 9.25. The van der Waals surface area contributed by atoms with Gasteiger partial charge in [0, 0.05) is 44.6 Å². The lowest BCUT2D eigenvalue weighted by Crippen LogP contribution is -2.49. The van der Waals surface area contributed by atoms with E-state index in [1.807, 2.05) is 39.9 Å². The van der Waals surface area contributed by atoms with Crippen molar-refractivity contribution in [3.8, 4) is 11.6 Å². The maximum atomic E-state index is 12.8. The van der Waals surface area contributed by atoms with Crippen LogP contribution in [0.2, 0.25) is 0 Å². The van der Waals surface area contributed by atoms with Gasteiger partial charge in [0.05, 0.1) is 12.7 Å². The summed E-state index contributed by atoms with van der Waals surface area (Å²) in [5.74, 6) is 2.21. The SMILES string of the molecule is COc1ccccc1C(=O)N1CCN(c2cc(-n3ccnc3)ncn2)CC1. The van der Waals surface area contributed by atoms with Crippen molar-refractivity contribution < 1.29 is 9.53 Å².